The van der Waals surface area contributed by atoms with E-state index < -0.39 is 21.5 Å². The van der Waals surface area contributed by atoms with Crippen molar-refractivity contribution < 1.29 is 18.0 Å². The molecule has 7 nitrogen and oxygen atoms in total. The Labute approximate surface area is 129 Å². The SMILES string of the molecule is C[C@H]1CNCCN1C(=O)c1ccc(S(=O)(=O)CC(N)=O)cc1. The molecule has 0 aliphatic carbocycles. The first-order valence-electron chi connectivity index (χ1n) is 6.94. The quantitative estimate of drug-likeness (QED) is 0.767. The molecule has 120 valence electrons. The molecular weight excluding hydrogens is 306 g/mol. The van der Waals surface area contributed by atoms with E-state index >= 15 is 0 Å². The third kappa shape index (κ3) is 3.63. The number of nitrogens with zero attached hydrogens (tertiary/aromatic N) is 1. The van der Waals surface area contributed by atoms with Gasteiger partial charge in [-0.05, 0) is 31.2 Å². The van der Waals surface area contributed by atoms with Crippen molar-refractivity contribution in [3.63, 3.8) is 0 Å². The summed E-state index contributed by atoms with van der Waals surface area (Å²) < 4.78 is 23.7. The molecule has 0 bridgehead atoms. The van der Waals surface area contributed by atoms with E-state index in [0.29, 0.717) is 12.1 Å². The lowest BCUT2D eigenvalue weighted by Crippen LogP contribution is -2.52. The van der Waals surface area contributed by atoms with Gasteiger partial charge in [0.25, 0.3) is 5.91 Å². The number of sulfone groups is 1. The van der Waals surface area contributed by atoms with E-state index in [0.717, 1.165) is 13.1 Å². The van der Waals surface area contributed by atoms with Gasteiger partial charge in [-0.25, -0.2) is 8.42 Å². The Morgan fingerprint density at radius 2 is 1.95 bits per heavy atom. The molecule has 1 aromatic rings. The van der Waals surface area contributed by atoms with E-state index in [-0.39, 0.29) is 16.8 Å². The van der Waals surface area contributed by atoms with Gasteiger partial charge in [0.1, 0.15) is 5.75 Å². The van der Waals surface area contributed by atoms with Crippen molar-refractivity contribution in [3.05, 3.63) is 29.8 Å². The Morgan fingerprint density at radius 3 is 2.50 bits per heavy atom. The number of primary amides is 1. The molecule has 3 N–H and O–H groups in total. The molecule has 1 saturated heterocycles. The molecule has 0 unspecified atom stereocenters. The average molecular weight is 325 g/mol. The lowest BCUT2D eigenvalue weighted by Gasteiger charge is -2.34. The van der Waals surface area contributed by atoms with Gasteiger partial charge in [-0.1, -0.05) is 0 Å². The number of nitrogens with two attached hydrogens (primary N) is 1. The number of rotatable bonds is 4. The van der Waals surface area contributed by atoms with Crippen molar-refractivity contribution in [2.75, 3.05) is 25.4 Å². The maximum absolute atomic E-state index is 12.4. The van der Waals surface area contributed by atoms with Crippen molar-refractivity contribution >= 4 is 21.7 Å². The van der Waals surface area contributed by atoms with Crippen LogP contribution in [-0.2, 0) is 14.6 Å². The Morgan fingerprint density at radius 1 is 1.32 bits per heavy atom. The van der Waals surface area contributed by atoms with Crippen LogP contribution in [0.15, 0.2) is 29.2 Å². The smallest absolute Gasteiger partial charge is 0.254 e. The number of carbonyl (C=O) groups excluding carboxylic acids is 2. The Kier molecular flexibility index (Phi) is 4.82. The van der Waals surface area contributed by atoms with Crippen molar-refractivity contribution in [3.8, 4) is 0 Å². The number of piperazine rings is 1. The van der Waals surface area contributed by atoms with Crippen molar-refractivity contribution in [2.45, 2.75) is 17.9 Å². The summed E-state index contributed by atoms with van der Waals surface area (Å²) in [5, 5.41) is 3.20. The normalized spacial score (nSPS) is 19.0. The van der Waals surface area contributed by atoms with E-state index in [1.807, 2.05) is 6.92 Å². The highest BCUT2D eigenvalue weighted by molar-refractivity contribution is 7.92. The summed E-state index contributed by atoms with van der Waals surface area (Å²) in [6, 6.07) is 5.67. The number of amides is 2. The molecule has 2 amide bonds. The van der Waals surface area contributed by atoms with Crippen LogP contribution in [-0.4, -0.2) is 56.6 Å². The molecule has 1 aliphatic rings. The molecule has 8 heteroatoms. The second-order valence-electron chi connectivity index (χ2n) is 5.30. The minimum Gasteiger partial charge on any atom is -0.369 e. The molecule has 0 spiro atoms. The van der Waals surface area contributed by atoms with Gasteiger partial charge < -0.3 is 16.0 Å². The lowest BCUT2D eigenvalue weighted by molar-refractivity contribution is -0.115. The van der Waals surface area contributed by atoms with Crippen molar-refractivity contribution in [1.82, 2.24) is 10.2 Å². The standard InChI is InChI=1S/C14H19N3O4S/c1-10-8-16-6-7-17(10)14(19)11-2-4-12(5-3-11)22(20,21)9-13(15)18/h2-5,10,16H,6-9H2,1H3,(H2,15,18)/t10-/m0/s1. The highest BCUT2D eigenvalue weighted by Crippen LogP contribution is 2.15. The van der Waals surface area contributed by atoms with Crippen LogP contribution in [0.3, 0.4) is 0 Å². The predicted molar refractivity (Wildman–Crippen MR) is 81.1 cm³/mol. The van der Waals surface area contributed by atoms with Gasteiger partial charge in [-0.2, -0.15) is 0 Å². The summed E-state index contributed by atoms with van der Waals surface area (Å²) in [5.41, 5.74) is 5.34. The number of benzene rings is 1. The maximum Gasteiger partial charge on any atom is 0.254 e. The number of carbonyl (C=O) groups is 2. The average Bonchev–Trinajstić information content (AvgIpc) is 2.46. The molecule has 1 atom stereocenters. The van der Waals surface area contributed by atoms with Gasteiger partial charge in [0, 0.05) is 31.2 Å². The summed E-state index contributed by atoms with van der Waals surface area (Å²) in [7, 11) is -3.75. The fourth-order valence-electron chi connectivity index (χ4n) is 2.38. The number of hydrogen-bond donors (Lipinski definition) is 2. The molecule has 1 fully saturated rings. The van der Waals surface area contributed by atoms with Crippen molar-refractivity contribution in [1.29, 1.82) is 0 Å². The van der Waals surface area contributed by atoms with Gasteiger partial charge in [0.2, 0.25) is 5.91 Å². The maximum atomic E-state index is 12.4. The first kappa shape index (κ1) is 16.4. The van der Waals surface area contributed by atoms with Crippen LogP contribution in [0.2, 0.25) is 0 Å². The monoisotopic (exact) mass is 325 g/mol. The molecule has 0 saturated carbocycles. The molecular formula is C14H19N3O4S. The number of hydrogen-bond acceptors (Lipinski definition) is 5. The van der Waals surface area contributed by atoms with Crippen LogP contribution in [0.1, 0.15) is 17.3 Å². The van der Waals surface area contributed by atoms with Crippen LogP contribution in [0.4, 0.5) is 0 Å². The van der Waals surface area contributed by atoms with Gasteiger partial charge in [0.05, 0.1) is 4.90 Å². The Bertz CT molecular complexity index is 670. The zero-order chi connectivity index (χ0) is 16.3. The number of nitrogens with one attached hydrogen (secondary N) is 1. The minimum absolute atomic E-state index is 0.0174. The third-order valence-electron chi connectivity index (χ3n) is 3.55. The molecule has 0 radical (unpaired) electrons. The zero-order valence-corrected chi connectivity index (χ0v) is 13.1. The van der Waals surface area contributed by atoms with E-state index in [1.165, 1.54) is 24.3 Å². The second kappa shape index (κ2) is 6.45. The van der Waals surface area contributed by atoms with E-state index in [9.17, 15) is 18.0 Å². The van der Waals surface area contributed by atoms with Crippen molar-refractivity contribution in [2.24, 2.45) is 5.73 Å². The largest absolute Gasteiger partial charge is 0.369 e. The lowest BCUT2D eigenvalue weighted by atomic mass is 10.1. The van der Waals surface area contributed by atoms with Crippen LogP contribution in [0.5, 0.6) is 0 Å². The summed E-state index contributed by atoms with van der Waals surface area (Å²) in [4.78, 5) is 24.9. The summed E-state index contributed by atoms with van der Waals surface area (Å²) in [5.74, 6) is -1.78. The molecule has 0 aromatic heterocycles. The summed E-state index contributed by atoms with van der Waals surface area (Å²) in [6.45, 7) is 4.04. The van der Waals surface area contributed by atoms with Crippen LogP contribution < -0.4 is 11.1 Å². The minimum atomic E-state index is -3.75. The van der Waals surface area contributed by atoms with Crippen LogP contribution in [0.25, 0.3) is 0 Å². The molecule has 22 heavy (non-hydrogen) atoms. The highest BCUT2D eigenvalue weighted by Gasteiger charge is 2.24. The fourth-order valence-corrected chi connectivity index (χ4v) is 3.48. The molecule has 1 aromatic carbocycles. The van der Waals surface area contributed by atoms with Crippen LogP contribution in [0, 0.1) is 0 Å². The fraction of sp³-hybridized carbons (Fsp3) is 0.429. The first-order chi connectivity index (χ1) is 10.3. The van der Waals surface area contributed by atoms with E-state index in [4.69, 9.17) is 5.73 Å². The Balaban J connectivity index is 2.18. The van der Waals surface area contributed by atoms with E-state index in [1.54, 1.807) is 4.90 Å². The van der Waals surface area contributed by atoms with E-state index in [2.05, 4.69) is 5.32 Å². The van der Waals surface area contributed by atoms with Gasteiger partial charge >= 0.3 is 0 Å². The predicted octanol–water partition coefficient (Wildman–Crippen LogP) is -0.620. The first-order valence-corrected chi connectivity index (χ1v) is 8.59. The van der Waals surface area contributed by atoms with Gasteiger partial charge in [-0.15, -0.1) is 0 Å². The highest BCUT2D eigenvalue weighted by atomic mass is 32.2. The molecule has 1 heterocycles. The summed E-state index contributed by atoms with van der Waals surface area (Å²) in [6.07, 6.45) is 0. The van der Waals surface area contributed by atoms with Gasteiger partial charge in [0.15, 0.2) is 9.84 Å². The topological polar surface area (TPSA) is 110 Å². The third-order valence-corrected chi connectivity index (χ3v) is 5.21. The Hall–Kier alpha value is -1.93. The molecule has 1 aliphatic heterocycles. The zero-order valence-electron chi connectivity index (χ0n) is 12.3. The van der Waals surface area contributed by atoms with Gasteiger partial charge in [-0.3, -0.25) is 9.59 Å². The summed E-state index contributed by atoms with van der Waals surface area (Å²) >= 11 is 0. The molecule has 2 rings (SSSR count). The second-order valence-corrected chi connectivity index (χ2v) is 7.29. The van der Waals surface area contributed by atoms with Crippen LogP contribution >= 0.6 is 0 Å².